The van der Waals surface area contributed by atoms with Gasteiger partial charge in [-0.15, -0.1) is 0 Å². The van der Waals surface area contributed by atoms with Crippen LogP contribution < -0.4 is 21.3 Å². The molecule has 0 radical (unpaired) electrons. The van der Waals surface area contributed by atoms with Crippen molar-refractivity contribution in [3.05, 3.63) is 65.6 Å². The van der Waals surface area contributed by atoms with Crippen molar-refractivity contribution in [2.24, 2.45) is 5.92 Å². The van der Waals surface area contributed by atoms with Crippen LogP contribution in [0.4, 0.5) is 22.0 Å². The number of nitrogen functional groups attached to an aromatic ring is 1. The van der Waals surface area contributed by atoms with Crippen molar-refractivity contribution in [3.63, 3.8) is 0 Å². The van der Waals surface area contributed by atoms with E-state index in [0.29, 0.717) is 37.3 Å². The monoisotopic (exact) mass is 639 g/mol. The minimum Gasteiger partial charge on any atom is -0.425 e. The molecule has 10 nitrogen and oxygen atoms in total. The van der Waals surface area contributed by atoms with Gasteiger partial charge in [-0.2, -0.15) is 25.3 Å². The van der Waals surface area contributed by atoms with Crippen LogP contribution in [0.25, 0.3) is 10.8 Å². The molecule has 2 unspecified atom stereocenters. The molecular formula is C32H45N7O3S2. The summed E-state index contributed by atoms with van der Waals surface area (Å²) >= 11 is 8.92. The maximum Gasteiger partial charge on any atom is 0.409 e. The summed E-state index contributed by atoms with van der Waals surface area (Å²) in [5, 5.41) is 8.47. The zero-order chi connectivity index (χ0) is 32.2. The third-order valence-electron chi connectivity index (χ3n) is 7.50. The fourth-order valence-electron chi connectivity index (χ4n) is 5.19. The summed E-state index contributed by atoms with van der Waals surface area (Å²) in [6, 6.07) is 12.3. The highest BCUT2D eigenvalue weighted by molar-refractivity contribution is 7.99. The highest BCUT2D eigenvalue weighted by Gasteiger charge is 2.27. The molecule has 0 fully saturated rings. The molecule has 0 saturated heterocycles. The van der Waals surface area contributed by atoms with E-state index in [0.717, 1.165) is 40.6 Å². The van der Waals surface area contributed by atoms with Crippen LogP contribution in [0.3, 0.4) is 0 Å². The summed E-state index contributed by atoms with van der Waals surface area (Å²) in [7, 11) is 4.04. The Morgan fingerprint density at radius 2 is 1.86 bits per heavy atom. The summed E-state index contributed by atoms with van der Waals surface area (Å²) in [5.41, 5.74) is 9.82. The minimum absolute atomic E-state index is 0.0840. The Hall–Kier alpha value is -3.64. The Labute approximate surface area is 271 Å². The Morgan fingerprint density at radius 1 is 1.14 bits per heavy atom. The van der Waals surface area contributed by atoms with Gasteiger partial charge in [0.05, 0.1) is 6.54 Å². The molecule has 0 aliphatic heterocycles. The molecule has 238 valence electrons. The Balaban J connectivity index is 1.72. The first kappa shape index (κ1) is 34.8. The van der Waals surface area contributed by atoms with Crippen LogP contribution in [-0.4, -0.2) is 65.4 Å². The normalized spacial score (nSPS) is 13.0. The van der Waals surface area contributed by atoms with Gasteiger partial charge in [0, 0.05) is 72.1 Å². The molecule has 1 heterocycles. The highest BCUT2D eigenvalue weighted by Crippen LogP contribution is 2.31. The number of ether oxygens (including phenoxy) is 1. The molecule has 0 aliphatic carbocycles. The fourth-order valence-corrected chi connectivity index (χ4v) is 5.69. The van der Waals surface area contributed by atoms with E-state index in [9.17, 15) is 9.59 Å². The summed E-state index contributed by atoms with van der Waals surface area (Å²) in [6.45, 7) is 6.64. The molecule has 0 spiro atoms. The largest absolute Gasteiger partial charge is 0.425 e. The van der Waals surface area contributed by atoms with Crippen molar-refractivity contribution in [2.45, 2.75) is 57.4 Å². The average Bonchev–Trinajstić information content (AvgIpc) is 2.99. The number of aromatic nitrogens is 2. The number of nitrogens with zero attached hydrogens (tertiary/aromatic N) is 4. The lowest BCUT2D eigenvalue weighted by atomic mass is 9.90. The molecule has 0 aliphatic rings. The summed E-state index contributed by atoms with van der Waals surface area (Å²) in [6.07, 6.45) is 4.65. The van der Waals surface area contributed by atoms with Crippen LogP contribution in [0, 0.1) is 12.8 Å². The van der Waals surface area contributed by atoms with Crippen molar-refractivity contribution in [2.75, 3.05) is 43.1 Å². The maximum atomic E-state index is 13.1. The number of carbonyl (C=O) groups excluding carboxylic acids is 2. The maximum absolute atomic E-state index is 13.1. The third kappa shape index (κ3) is 9.68. The van der Waals surface area contributed by atoms with E-state index < -0.39 is 12.3 Å². The van der Waals surface area contributed by atoms with Gasteiger partial charge >= 0.3 is 6.09 Å². The molecule has 2 atom stereocenters. The fraction of sp³-hybridized carbons (Fsp3) is 0.438. The first-order valence-electron chi connectivity index (χ1n) is 14.8. The SMILES string of the molecule is CC=C(CC(OC(=O)NCCNc1cccc2c(N(C)C)cccc12)N(C=O)Cc1cnc(C)nc1N)C(CC)CC(S)S. The van der Waals surface area contributed by atoms with Crippen LogP contribution in [0.15, 0.2) is 54.2 Å². The van der Waals surface area contributed by atoms with E-state index in [1.165, 1.54) is 4.90 Å². The second-order valence-corrected chi connectivity index (χ2v) is 12.4. The van der Waals surface area contributed by atoms with Gasteiger partial charge in [-0.3, -0.25) is 4.79 Å². The number of amides is 2. The first-order valence-corrected chi connectivity index (χ1v) is 15.8. The van der Waals surface area contributed by atoms with Gasteiger partial charge < -0.3 is 30.9 Å². The minimum atomic E-state index is -0.887. The lowest BCUT2D eigenvalue weighted by Gasteiger charge is -2.31. The van der Waals surface area contributed by atoms with Crippen molar-refractivity contribution in [1.82, 2.24) is 20.2 Å². The van der Waals surface area contributed by atoms with E-state index in [4.69, 9.17) is 10.5 Å². The van der Waals surface area contributed by atoms with Crippen molar-refractivity contribution in [1.29, 1.82) is 0 Å². The number of allylic oxidation sites excluding steroid dienone is 1. The van der Waals surface area contributed by atoms with Gasteiger partial charge in [-0.25, -0.2) is 14.8 Å². The lowest BCUT2D eigenvalue weighted by molar-refractivity contribution is -0.128. The summed E-state index contributed by atoms with van der Waals surface area (Å²) < 4.78 is 5.78. The lowest BCUT2D eigenvalue weighted by Crippen LogP contribution is -2.42. The summed E-state index contributed by atoms with van der Waals surface area (Å²) in [5.74, 6) is 0.963. The predicted molar refractivity (Wildman–Crippen MR) is 186 cm³/mol. The smallest absolute Gasteiger partial charge is 0.409 e. The molecule has 44 heavy (non-hydrogen) atoms. The quantitative estimate of drug-likeness (QED) is 0.0448. The number of fused-ring (bicyclic) bond motifs is 1. The van der Waals surface area contributed by atoms with E-state index in [1.54, 1.807) is 13.1 Å². The van der Waals surface area contributed by atoms with Gasteiger partial charge in [0.1, 0.15) is 11.6 Å². The average molecular weight is 640 g/mol. The van der Waals surface area contributed by atoms with Crippen LogP contribution in [-0.2, 0) is 16.1 Å². The number of alkyl carbamates (subject to hydrolysis) is 1. The van der Waals surface area contributed by atoms with Crippen LogP contribution in [0.2, 0.25) is 0 Å². The number of thiol groups is 2. The molecule has 4 N–H and O–H groups in total. The number of anilines is 3. The van der Waals surface area contributed by atoms with E-state index in [1.807, 2.05) is 45.3 Å². The molecule has 0 saturated carbocycles. The second kappa shape index (κ2) is 17.0. The zero-order valence-corrected chi connectivity index (χ0v) is 27.9. The molecule has 2 aromatic carbocycles. The van der Waals surface area contributed by atoms with E-state index in [2.05, 4.69) is 75.9 Å². The van der Waals surface area contributed by atoms with Gasteiger partial charge in [0.15, 0.2) is 6.23 Å². The van der Waals surface area contributed by atoms with Crippen molar-refractivity contribution >= 4 is 65.7 Å². The summed E-state index contributed by atoms with van der Waals surface area (Å²) in [4.78, 5) is 37.3. The molecule has 12 heteroatoms. The number of benzene rings is 2. The van der Waals surface area contributed by atoms with Crippen LogP contribution in [0.1, 0.15) is 44.5 Å². The molecule has 0 bridgehead atoms. The number of hydrogen-bond acceptors (Lipinski definition) is 10. The number of rotatable bonds is 16. The van der Waals surface area contributed by atoms with Crippen molar-refractivity contribution < 1.29 is 14.3 Å². The van der Waals surface area contributed by atoms with Crippen molar-refractivity contribution in [3.8, 4) is 0 Å². The van der Waals surface area contributed by atoms with E-state index >= 15 is 0 Å². The van der Waals surface area contributed by atoms with Gasteiger partial charge in [0.25, 0.3) is 0 Å². The third-order valence-corrected chi connectivity index (χ3v) is 7.93. The predicted octanol–water partition coefficient (Wildman–Crippen LogP) is 5.65. The number of hydrogen-bond donors (Lipinski definition) is 5. The van der Waals surface area contributed by atoms with Crippen LogP contribution >= 0.6 is 25.3 Å². The van der Waals surface area contributed by atoms with Gasteiger partial charge in [-0.1, -0.05) is 42.8 Å². The Morgan fingerprint density at radius 3 is 2.50 bits per heavy atom. The Kier molecular flexibility index (Phi) is 13.5. The molecule has 2 amide bonds. The number of nitrogens with one attached hydrogen (secondary N) is 2. The van der Waals surface area contributed by atoms with Crippen LogP contribution in [0.5, 0.6) is 0 Å². The molecule has 3 aromatic rings. The topological polar surface area (TPSA) is 126 Å². The molecular weight excluding hydrogens is 595 g/mol. The zero-order valence-electron chi connectivity index (χ0n) is 26.2. The number of nitrogens with two attached hydrogens (primary N) is 1. The molecule has 1 aromatic heterocycles. The molecule has 3 rings (SSSR count). The first-order chi connectivity index (χ1) is 21.1. The van der Waals surface area contributed by atoms with Gasteiger partial charge in [-0.05, 0) is 44.7 Å². The highest BCUT2D eigenvalue weighted by atomic mass is 32.2. The Bertz CT molecular complexity index is 1430. The van der Waals surface area contributed by atoms with Gasteiger partial charge in [0.2, 0.25) is 6.41 Å². The standard InChI is InChI=1S/C32H45N7O3S2/c1-6-22(23(7-2)17-30(43)44)16-29(39(20-40)19-24-18-36-21(3)37-31(24)33)42-32(41)35-15-14-34-27-12-8-11-26-25(27)10-9-13-28(26)38(4)5/h6,8-13,18,20,23,29-30,34,43-44H,7,14-17,19H2,1-5H3,(H,35,41)(H2,33,36,37). The number of carbonyl (C=O) groups is 2. The second-order valence-electron chi connectivity index (χ2n) is 10.8. The van der Waals surface area contributed by atoms with E-state index in [-0.39, 0.29) is 22.9 Å². The number of aryl methyl sites for hydroxylation is 1.